The van der Waals surface area contributed by atoms with Crippen LogP contribution in [-0.4, -0.2) is 47.7 Å². The first-order valence-corrected chi connectivity index (χ1v) is 10.6. The van der Waals surface area contributed by atoms with Crippen LogP contribution in [0.5, 0.6) is 5.75 Å². The molecule has 0 unspecified atom stereocenters. The number of benzene rings is 2. The molecule has 0 radical (unpaired) electrons. The van der Waals surface area contributed by atoms with Gasteiger partial charge in [-0.1, -0.05) is 54.2 Å². The highest BCUT2D eigenvalue weighted by Crippen LogP contribution is 2.28. The summed E-state index contributed by atoms with van der Waals surface area (Å²) < 4.78 is 37.0. The van der Waals surface area contributed by atoms with Crippen molar-refractivity contribution in [3.8, 4) is 5.75 Å². The molecule has 0 atom stereocenters. The fraction of sp³-hybridized carbons (Fsp3) is 0.333. The van der Waals surface area contributed by atoms with Crippen molar-refractivity contribution >= 4 is 17.7 Å². The van der Waals surface area contributed by atoms with Gasteiger partial charge in [0.1, 0.15) is 5.75 Å². The molecule has 0 N–H and O–H groups in total. The summed E-state index contributed by atoms with van der Waals surface area (Å²) in [7, 11) is 0. The van der Waals surface area contributed by atoms with Crippen molar-refractivity contribution < 1.29 is 18.3 Å². The molecule has 6 nitrogen and oxygen atoms in total. The van der Waals surface area contributed by atoms with Gasteiger partial charge in [0.15, 0.2) is 5.16 Å². The maximum absolute atomic E-state index is 12.5. The van der Waals surface area contributed by atoms with E-state index in [1.165, 1.54) is 17.8 Å². The quantitative estimate of drug-likeness (QED) is 0.501. The summed E-state index contributed by atoms with van der Waals surface area (Å²) in [5.74, 6) is 1.54. The van der Waals surface area contributed by atoms with E-state index in [2.05, 4.69) is 36.5 Å². The van der Waals surface area contributed by atoms with Gasteiger partial charge in [0.25, 0.3) is 0 Å². The van der Waals surface area contributed by atoms with Crippen LogP contribution in [0.15, 0.2) is 59.8 Å². The van der Waals surface area contributed by atoms with Crippen LogP contribution in [0.1, 0.15) is 11.1 Å². The second-order valence-electron chi connectivity index (χ2n) is 6.77. The SMILES string of the molecule is FC(F)Oc1cccc(CSc2nnc(N3CCOCC3)n2Cc2ccccc2)c1. The van der Waals surface area contributed by atoms with Gasteiger partial charge >= 0.3 is 6.61 Å². The topological polar surface area (TPSA) is 52.4 Å². The highest BCUT2D eigenvalue weighted by Gasteiger charge is 2.21. The third kappa shape index (κ3) is 5.28. The molecular formula is C21H22F2N4O2S. The number of nitrogens with zero attached hydrogens (tertiary/aromatic N) is 4. The van der Waals surface area contributed by atoms with Gasteiger partial charge in [0.2, 0.25) is 5.95 Å². The molecule has 2 heterocycles. The maximum Gasteiger partial charge on any atom is 0.387 e. The van der Waals surface area contributed by atoms with E-state index in [-0.39, 0.29) is 5.75 Å². The van der Waals surface area contributed by atoms with Crippen LogP contribution in [0.25, 0.3) is 0 Å². The van der Waals surface area contributed by atoms with Crippen molar-refractivity contribution in [3.63, 3.8) is 0 Å². The molecule has 30 heavy (non-hydrogen) atoms. The summed E-state index contributed by atoms with van der Waals surface area (Å²) in [6, 6.07) is 16.9. The molecule has 1 saturated heterocycles. The number of anilines is 1. The van der Waals surface area contributed by atoms with Crippen molar-refractivity contribution in [1.29, 1.82) is 0 Å². The Hall–Kier alpha value is -2.65. The molecule has 9 heteroatoms. The van der Waals surface area contributed by atoms with Crippen molar-refractivity contribution in [2.24, 2.45) is 0 Å². The molecule has 1 aliphatic rings. The number of hydrogen-bond acceptors (Lipinski definition) is 6. The lowest BCUT2D eigenvalue weighted by Gasteiger charge is -2.28. The fourth-order valence-electron chi connectivity index (χ4n) is 3.25. The summed E-state index contributed by atoms with van der Waals surface area (Å²) in [4.78, 5) is 2.18. The van der Waals surface area contributed by atoms with Crippen LogP contribution in [0, 0.1) is 0 Å². The molecule has 4 rings (SSSR count). The van der Waals surface area contributed by atoms with Crippen LogP contribution < -0.4 is 9.64 Å². The molecule has 0 spiro atoms. The van der Waals surface area contributed by atoms with Gasteiger partial charge in [0, 0.05) is 18.8 Å². The van der Waals surface area contributed by atoms with E-state index in [1.807, 2.05) is 24.3 Å². The van der Waals surface area contributed by atoms with Crippen LogP contribution in [-0.2, 0) is 17.0 Å². The van der Waals surface area contributed by atoms with Crippen molar-refractivity contribution in [1.82, 2.24) is 14.8 Å². The third-order valence-electron chi connectivity index (χ3n) is 4.67. The molecule has 1 fully saturated rings. The lowest BCUT2D eigenvalue weighted by atomic mass is 10.2. The van der Waals surface area contributed by atoms with E-state index in [1.54, 1.807) is 12.1 Å². The highest BCUT2D eigenvalue weighted by atomic mass is 32.2. The number of thioether (sulfide) groups is 1. The summed E-state index contributed by atoms with van der Waals surface area (Å²) >= 11 is 1.52. The Morgan fingerprint density at radius 3 is 2.53 bits per heavy atom. The van der Waals surface area contributed by atoms with E-state index in [0.717, 1.165) is 35.3 Å². The van der Waals surface area contributed by atoms with Gasteiger partial charge in [-0.15, -0.1) is 10.2 Å². The number of alkyl halides is 2. The van der Waals surface area contributed by atoms with Gasteiger partial charge in [-0.2, -0.15) is 8.78 Å². The Bertz CT molecular complexity index is 949. The number of halogens is 2. The minimum Gasteiger partial charge on any atom is -0.435 e. The van der Waals surface area contributed by atoms with E-state index in [4.69, 9.17) is 4.74 Å². The minimum absolute atomic E-state index is 0.155. The molecule has 0 amide bonds. The normalized spacial score (nSPS) is 14.3. The van der Waals surface area contributed by atoms with E-state index < -0.39 is 6.61 Å². The smallest absolute Gasteiger partial charge is 0.387 e. The summed E-state index contributed by atoms with van der Waals surface area (Å²) in [6.07, 6.45) is 0. The molecule has 2 aromatic carbocycles. The molecule has 1 aliphatic heterocycles. The van der Waals surface area contributed by atoms with Crippen LogP contribution in [0.3, 0.4) is 0 Å². The summed E-state index contributed by atoms with van der Waals surface area (Å²) in [5.41, 5.74) is 2.03. The van der Waals surface area contributed by atoms with Gasteiger partial charge in [-0.05, 0) is 23.3 Å². The van der Waals surface area contributed by atoms with Gasteiger partial charge in [0.05, 0.1) is 19.8 Å². The number of morpholine rings is 1. The highest BCUT2D eigenvalue weighted by molar-refractivity contribution is 7.98. The zero-order valence-electron chi connectivity index (χ0n) is 16.3. The van der Waals surface area contributed by atoms with Crippen LogP contribution >= 0.6 is 11.8 Å². The molecule has 3 aromatic rings. The number of rotatable bonds is 8. The van der Waals surface area contributed by atoms with Gasteiger partial charge in [-0.3, -0.25) is 4.57 Å². The average molecular weight is 432 g/mol. The van der Waals surface area contributed by atoms with E-state index in [9.17, 15) is 8.78 Å². The van der Waals surface area contributed by atoms with Gasteiger partial charge < -0.3 is 14.4 Å². The Kier molecular flexibility index (Phi) is 6.81. The summed E-state index contributed by atoms with van der Waals surface area (Å²) in [6.45, 7) is 0.680. The molecule has 158 valence electrons. The molecule has 0 aliphatic carbocycles. The Morgan fingerprint density at radius 1 is 1.00 bits per heavy atom. The first-order valence-electron chi connectivity index (χ1n) is 9.65. The second kappa shape index (κ2) is 9.90. The van der Waals surface area contributed by atoms with E-state index in [0.29, 0.717) is 25.5 Å². The van der Waals surface area contributed by atoms with E-state index >= 15 is 0 Å². The van der Waals surface area contributed by atoms with Crippen LogP contribution in [0.4, 0.5) is 14.7 Å². The predicted molar refractivity (Wildman–Crippen MR) is 111 cm³/mol. The largest absolute Gasteiger partial charge is 0.435 e. The molecule has 0 bridgehead atoms. The molecule has 1 aromatic heterocycles. The second-order valence-corrected chi connectivity index (χ2v) is 7.71. The van der Waals surface area contributed by atoms with Crippen LogP contribution in [0.2, 0.25) is 0 Å². The third-order valence-corrected chi connectivity index (χ3v) is 5.70. The van der Waals surface area contributed by atoms with Crippen molar-refractivity contribution in [3.05, 3.63) is 65.7 Å². The standard InChI is InChI=1S/C21H22F2N4O2S/c22-19(23)29-18-8-4-7-17(13-18)15-30-21-25-24-20(26-9-11-28-12-10-26)27(21)14-16-5-2-1-3-6-16/h1-8,13,19H,9-12,14-15H2. The number of hydrogen-bond donors (Lipinski definition) is 0. The average Bonchev–Trinajstić information content (AvgIpc) is 3.16. The Balaban J connectivity index is 1.54. The zero-order chi connectivity index (χ0) is 20.8. The first-order chi connectivity index (χ1) is 14.7. The number of ether oxygens (including phenoxy) is 2. The summed E-state index contributed by atoms with van der Waals surface area (Å²) in [5, 5.41) is 9.64. The van der Waals surface area contributed by atoms with Crippen molar-refractivity contribution in [2.75, 3.05) is 31.2 Å². The molecule has 0 saturated carbocycles. The molecular weight excluding hydrogens is 410 g/mol. The maximum atomic E-state index is 12.5. The predicted octanol–water partition coefficient (Wildman–Crippen LogP) is 4.06. The monoisotopic (exact) mass is 432 g/mol. The lowest BCUT2D eigenvalue weighted by Crippen LogP contribution is -2.38. The first kappa shape index (κ1) is 20.6. The minimum atomic E-state index is -2.84. The van der Waals surface area contributed by atoms with Crippen molar-refractivity contribution in [2.45, 2.75) is 24.1 Å². The fourth-order valence-corrected chi connectivity index (χ4v) is 4.12. The Labute approximate surface area is 177 Å². The van der Waals surface area contributed by atoms with Gasteiger partial charge in [-0.25, -0.2) is 0 Å². The number of aromatic nitrogens is 3. The Morgan fingerprint density at radius 2 is 1.77 bits per heavy atom. The zero-order valence-corrected chi connectivity index (χ0v) is 17.1. The lowest BCUT2D eigenvalue weighted by molar-refractivity contribution is -0.0498.